The Bertz CT molecular complexity index is 1430. The highest BCUT2D eigenvalue weighted by Crippen LogP contribution is 2.32. The number of hydrogen-bond donors (Lipinski definition) is 1. The van der Waals surface area contributed by atoms with E-state index in [4.69, 9.17) is 4.74 Å². The molecular formula is C25H21N3O4S2. The number of nitrogens with zero attached hydrogens (tertiary/aromatic N) is 2. The fourth-order valence-electron chi connectivity index (χ4n) is 3.41. The zero-order chi connectivity index (χ0) is 24.1. The number of hydrogen-bond acceptors (Lipinski definition) is 7. The summed E-state index contributed by atoms with van der Waals surface area (Å²) in [5.41, 5.74) is 2.44. The molecule has 0 unspecified atom stereocenters. The van der Waals surface area contributed by atoms with Crippen molar-refractivity contribution in [3.8, 4) is 11.1 Å². The van der Waals surface area contributed by atoms with Gasteiger partial charge in [0.05, 0.1) is 23.8 Å². The molecule has 1 N–H and O–H groups in total. The lowest BCUT2D eigenvalue weighted by atomic mass is 10.1. The Kier molecular flexibility index (Phi) is 7.24. The highest BCUT2D eigenvalue weighted by atomic mass is 32.2. The number of allylic oxidation sites excluding steroid dienone is 1. The van der Waals surface area contributed by atoms with Gasteiger partial charge in [0.15, 0.2) is 5.16 Å². The van der Waals surface area contributed by atoms with Crippen molar-refractivity contribution in [2.24, 2.45) is 0 Å². The van der Waals surface area contributed by atoms with Crippen LogP contribution in [0.3, 0.4) is 0 Å². The van der Waals surface area contributed by atoms with Gasteiger partial charge in [-0.1, -0.05) is 54.2 Å². The average Bonchev–Trinajstić information content (AvgIpc) is 3.29. The first kappa shape index (κ1) is 23.5. The number of benzene rings is 2. The van der Waals surface area contributed by atoms with Crippen molar-refractivity contribution in [3.05, 3.63) is 88.5 Å². The summed E-state index contributed by atoms with van der Waals surface area (Å²) in [5, 5.41) is 5.70. The van der Waals surface area contributed by atoms with Gasteiger partial charge in [0.1, 0.15) is 4.83 Å². The molecule has 0 bridgehead atoms. The third-order valence-electron chi connectivity index (χ3n) is 4.95. The minimum atomic E-state index is -0.484. The van der Waals surface area contributed by atoms with Crippen LogP contribution in [0.4, 0.5) is 5.69 Å². The Morgan fingerprint density at radius 3 is 2.74 bits per heavy atom. The summed E-state index contributed by atoms with van der Waals surface area (Å²) in [6.07, 6.45) is 1.63. The number of fused-ring (bicyclic) bond motifs is 1. The van der Waals surface area contributed by atoms with Crippen LogP contribution in [0.15, 0.2) is 82.6 Å². The van der Waals surface area contributed by atoms with Crippen LogP contribution < -0.4 is 10.9 Å². The molecule has 4 aromatic rings. The van der Waals surface area contributed by atoms with Crippen molar-refractivity contribution in [2.45, 2.75) is 11.7 Å². The van der Waals surface area contributed by atoms with E-state index in [1.807, 2.05) is 35.7 Å². The lowest BCUT2D eigenvalue weighted by Crippen LogP contribution is -2.23. The van der Waals surface area contributed by atoms with Crippen LogP contribution in [0.5, 0.6) is 0 Å². The molecule has 0 fully saturated rings. The van der Waals surface area contributed by atoms with Crippen LogP contribution >= 0.6 is 23.1 Å². The van der Waals surface area contributed by atoms with Crippen LogP contribution in [-0.4, -0.2) is 34.3 Å². The minimum Gasteiger partial charge on any atom is -0.465 e. The van der Waals surface area contributed by atoms with Gasteiger partial charge < -0.3 is 10.1 Å². The number of anilines is 1. The molecule has 0 aliphatic rings. The Hall–Kier alpha value is -3.69. The second kappa shape index (κ2) is 10.5. The average molecular weight is 492 g/mol. The van der Waals surface area contributed by atoms with Crippen molar-refractivity contribution < 1.29 is 14.3 Å². The monoisotopic (exact) mass is 491 g/mol. The number of amides is 1. The van der Waals surface area contributed by atoms with Gasteiger partial charge in [-0.25, -0.2) is 9.78 Å². The number of nitrogens with one attached hydrogen (secondary N) is 1. The maximum Gasteiger partial charge on any atom is 0.337 e. The number of thiophene rings is 1. The number of thioether (sulfide) groups is 1. The molecular weight excluding hydrogens is 470 g/mol. The van der Waals surface area contributed by atoms with Gasteiger partial charge in [0, 0.05) is 23.2 Å². The van der Waals surface area contributed by atoms with Crippen molar-refractivity contribution >= 4 is 50.9 Å². The summed E-state index contributed by atoms with van der Waals surface area (Å²) >= 11 is 2.57. The van der Waals surface area contributed by atoms with E-state index in [1.165, 1.54) is 34.8 Å². The van der Waals surface area contributed by atoms with E-state index in [1.54, 1.807) is 30.3 Å². The zero-order valence-electron chi connectivity index (χ0n) is 18.3. The molecule has 0 atom stereocenters. The normalized spacial score (nSPS) is 10.7. The topological polar surface area (TPSA) is 90.3 Å². The standard InChI is InChI=1S/C25H21N3O4S2/c1-3-12-28-23(30)21-19(16-8-5-4-6-9-16)14-33-22(21)27-25(28)34-15-20(29)26-18-11-7-10-17(13-18)24(31)32-2/h3-11,13-14H,1,12,15H2,2H3,(H,26,29). The number of carbonyl (C=O) groups excluding carboxylic acids is 2. The Morgan fingerprint density at radius 1 is 1.21 bits per heavy atom. The highest BCUT2D eigenvalue weighted by molar-refractivity contribution is 7.99. The summed E-state index contributed by atoms with van der Waals surface area (Å²) in [4.78, 5) is 43.0. The van der Waals surface area contributed by atoms with Crippen molar-refractivity contribution in [2.75, 3.05) is 18.2 Å². The van der Waals surface area contributed by atoms with E-state index in [0.717, 1.165) is 11.1 Å². The van der Waals surface area contributed by atoms with Crippen LogP contribution in [0.25, 0.3) is 21.3 Å². The molecule has 0 saturated carbocycles. The Morgan fingerprint density at radius 2 is 2.00 bits per heavy atom. The molecule has 172 valence electrons. The molecule has 0 aliphatic heterocycles. The highest BCUT2D eigenvalue weighted by Gasteiger charge is 2.18. The quantitative estimate of drug-likeness (QED) is 0.164. The van der Waals surface area contributed by atoms with Crippen molar-refractivity contribution in [1.29, 1.82) is 0 Å². The largest absolute Gasteiger partial charge is 0.465 e. The molecule has 34 heavy (non-hydrogen) atoms. The van der Waals surface area contributed by atoms with E-state index in [0.29, 0.717) is 26.6 Å². The Labute approximate surface area is 204 Å². The molecule has 2 heterocycles. The fraction of sp³-hybridized carbons (Fsp3) is 0.120. The molecule has 0 saturated heterocycles. The van der Waals surface area contributed by atoms with Gasteiger partial charge in [-0.2, -0.15) is 0 Å². The van der Waals surface area contributed by atoms with Crippen LogP contribution in [0.1, 0.15) is 10.4 Å². The summed E-state index contributed by atoms with van der Waals surface area (Å²) in [6, 6.07) is 16.2. The molecule has 4 rings (SSSR count). The molecule has 0 spiro atoms. The van der Waals surface area contributed by atoms with E-state index < -0.39 is 5.97 Å². The van der Waals surface area contributed by atoms with Crippen LogP contribution in [0, 0.1) is 0 Å². The summed E-state index contributed by atoms with van der Waals surface area (Å²) in [6.45, 7) is 4.03. The summed E-state index contributed by atoms with van der Waals surface area (Å²) in [5.74, 6) is -0.737. The Balaban J connectivity index is 1.58. The molecule has 2 aromatic carbocycles. The van der Waals surface area contributed by atoms with Gasteiger partial charge in [-0.05, 0) is 23.8 Å². The van der Waals surface area contributed by atoms with Gasteiger partial charge >= 0.3 is 5.97 Å². The zero-order valence-corrected chi connectivity index (χ0v) is 19.9. The van der Waals surface area contributed by atoms with Gasteiger partial charge in [-0.3, -0.25) is 14.2 Å². The molecule has 1 amide bonds. The molecule has 7 nitrogen and oxygen atoms in total. The van der Waals surface area contributed by atoms with E-state index in [2.05, 4.69) is 16.9 Å². The second-order valence-electron chi connectivity index (χ2n) is 7.20. The number of aromatic nitrogens is 2. The van der Waals surface area contributed by atoms with Crippen molar-refractivity contribution in [3.63, 3.8) is 0 Å². The lowest BCUT2D eigenvalue weighted by molar-refractivity contribution is -0.113. The van der Waals surface area contributed by atoms with E-state index in [9.17, 15) is 14.4 Å². The molecule has 2 aromatic heterocycles. The number of methoxy groups -OCH3 is 1. The van der Waals surface area contributed by atoms with E-state index >= 15 is 0 Å². The fourth-order valence-corrected chi connectivity index (χ4v) is 5.20. The number of carbonyl (C=O) groups is 2. The second-order valence-corrected chi connectivity index (χ2v) is 9.00. The van der Waals surface area contributed by atoms with E-state index in [-0.39, 0.29) is 23.8 Å². The number of rotatable bonds is 8. The third-order valence-corrected chi connectivity index (χ3v) is 6.80. The van der Waals surface area contributed by atoms with Gasteiger partial charge in [0.25, 0.3) is 5.56 Å². The maximum atomic E-state index is 13.4. The first-order chi connectivity index (χ1) is 16.5. The van der Waals surface area contributed by atoms with Crippen LogP contribution in [-0.2, 0) is 16.1 Å². The number of esters is 1. The first-order valence-electron chi connectivity index (χ1n) is 10.3. The third kappa shape index (κ3) is 4.95. The predicted molar refractivity (Wildman–Crippen MR) is 137 cm³/mol. The SMILES string of the molecule is C=CCn1c(SCC(=O)Nc2cccc(C(=O)OC)c2)nc2scc(-c3ccccc3)c2c1=O. The minimum absolute atomic E-state index is 0.0362. The first-order valence-corrected chi connectivity index (χ1v) is 12.2. The summed E-state index contributed by atoms with van der Waals surface area (Å²) < 4.78 is 6.24. The molecule has 9 heteroatoms. The summed E-state index contributed by atoms with van der Waals surface area (Å²) in [7, 11) is 1.30. The van der Waals surface area contributed by atoms with Crippen LogP contribution in [0.2, 0.25) is 0 Å². The molecule has 0 aliphatic carbocycles. The van der Waals surface area contributed by atoms with Gasteiger partial charge in [0.2, 0.25) is 5.91 Å². The lowest BCUT2D eigenvalue weighted by Gasteiger charge is -2.11. The smallest absolute Gasteiger partial charge is 0.337 e. The maximum absolute atomic E-state index is 13.4. The predicted octanol–water partition coefficient (Wildman–Crippen LogP) is 4.83. The van der Waals surface area contributed by atoms with Gasteiger partial charge in [-0.15, -0.1) is 17.9 Å². The molecule has 0 radical (unpaired) electrons. The number of ether oxygens (including phenoxy) is 1. The van der Waals surface area contributed by atoms with Crippen molar-refractivity contribution in [1.82, 2.24) is 9.55 Å².